The highest BCUT2D eigenvalue weighted by molar-refractivity contribution is 6.17. The number of nitrogens with zero attached hydrogens (tertiary/aromatic N) is 2. The van der Waals surface area contributed by atoms with Crippen molar-refractivity contribution in [3.63, 3.8) is 0 Å². The Morgan fingerprint density at radius 2 is 0.464 bits per heavy atom. The van der Waals surface area contributed by atoms with E-state index in [1.165, 1.54) is 88.6 Å². The molecule has 10 aromatic rings. The van der Waals surface area contributed by atoms with Crippen LogP contribution in [-0.2, 0) is 12.8 Å². The highest BCUT2D eigenvalue weighted by atomic mass is 15.2. The molecule has 2 heteroatoms. The van der Waals surface area contributed by atoms with E-state index in [4.69, 9.17) is 0 Å². The zero-order valence-electron chi connectivity index (χ0n) is 57.1. The number of para-hydroxylation sites is 2. The van der Waals surface area contributed by atoms with Crippen molar-refractivity contribution >= 4 is 55.7 Å². The van der Waals surface area contributed by atoms with Crippen LogP contribution in [0.25, 0.3) is 54.9 Å². The van der Waals surface area contributed by atoms with Crippen molar-refractivity contribution in [2.75, 3.05) is 9.80 Å². The van der Waals surface area contributed by atoms with E-state index in [9.17, 15) is 0 Å². The molecule has 0 heterocycles. The van der Waals surface area contributed by atoms with Crippen molar-refractivity contribution in [2.45, 2.75) is 179 Å². The van der Waals surface area contributed by atoms with Crippen LogP contribution < -0.4 is 9.80 Å². The van der Waals surface area contributed by atoms with Crippen LogP contribution in [0.2, 0.25) is 0 Å². The summed E-state index contributed by atoms with van der Waals surface area (Å²) < 4.78 is 0. The number of rotatable bonds is 7. The molecule has 0 spiro atoms. The van der Waals surface area contributed by atoms with Gasteiger partial charge in [0, 0.05) is 33.6 Å². The minimum atomic E-state index is 0.927. The average Bonchev–Trinajstić information content (AvgIpc) is 3.40. The third-order valence-electron chi connectivity index (χ3n) is 12.6. The largest absolute Gasteiger partial charge is 0.309 e. The van der Waals surface area contributed by atoms with Gasteiger partial charge in [0.15, 0.2) is 0 Å². The molecule has 0 aliphatic heterocycles. The minimum Gasteiger partial charge on any atom is -0.309 e. The zero-order valence-corrected chi connectivity index (χ0v) is 57.1. The molecule has 10 aromatic carbocycles. The van der Waals surface area contributed by atoms with Crippen molar-refractivity contribution in [2.24, 2.45) is 0 Å². The first-order valence-corrected chi connectivity index (χ1v) is 32.9. The van der Waals surface area contributed by atoms with E-state index in [1.807, 2.05) is 166 Å². The standard InChI is InChI=1S/C58H40N2.12C2H6/c1-3-23-45(24-4-1)59(51-31-15-21-43-37-41-19-9-13-29-49(41)55(43)51)53-35-33-39-17-7-11-27-47(39)57(53)58-48-28-12-8-18-40(48)34-36-54(58)60(46-25-5-2-6-26-46)52-32-16-22-44-38-42-20-10-14-30-50(42)56(44)52;12*1-2/h1-36H,37-38H2;12*1-2H3. The molecule has 0 radical (unpaired) electrons. The molecule has 2 nitrogen and oxygen atoms in total. The highest BCUT2D eigenvalue weighted by Crippen LogP contribution is 2.55. The summed E-state index contributed by atoms with van der Waals surface area (Å²) in [5.41, 5.74) is 19.9. The van der Waals surface area contributed by atoms with E-state index in [-0.39, 0.29) is 0 Å². The molecule has 0 atom stereocenters. The molecule has 0 amide bonds. The van der Waals surface area contributed by atoms with Gasteiger partial charge in [0.2, 0.25) is 0 Å². The van der Waals surface area contributed by atoms with E-state index in [0.717, 1.165) is 35.6 Å². The highest BCUT2D eigenvalue weighted by Gasteiger charge is 2.31. The van der Waals surface area contributed by atoms with Crippen molar-refractivity contribution in [1.82, 2.24) is 0 Å². The molecule has 0 unspecified atom stereocenters. The van der Waals surface area contributed by atoms with E-state index >= 15 is 0 Å². The van der Waals surface area contributed by atoms with Gasteiger partial charge in [0.1, 0.15) is 0 Å². The van der Waals surface area contributed by atoms with Crippen LogP contribution in [0.4, 0.5) is 34.1 Å². The molecule has 0 saturated carbocycles. The molecule has 0 saturated heterocycles. The first-order chi connectivity index (χ1) is 41.8. The number of hydrogen-bond donors (Lipinski definition) is 0. The topological polar surface area (TPSA) is 6.48 Å². The predicted molar refractivity (Wildman–Crippen MR) is 389 cm³/mol. The Kier molecular flexibility index (Phi) is 40.7. The fourth-order valence-corrected chi connectivity index (χ4v) is 10.1. The first kappa shape index (κ1) is 76.3. The molecule has 0 aromatic heterocycles. The fourth-order valence-electron chi connectivity index (χ4n) is 10.1. The van der Waals surface area contributed by atoms with Crippen LogP contribution in [-0.4, -0.2) is 0 Å². The lowest BCUT2D eigenvalue weighted by Crippen LogP contribution is -2.15. The molecule has 2 aliphatic carbocycles. The fraction of sp³-hybridized carbons (Fsp3) is 0.317. The smallest absolute Gasteiger partial charge is 0.0547 e. The van der Waals surface area contributed by atoms with Gasteiger partial charge >= 0.3 is 0 Å². The number of hydrogen-bond acceptors (Lipinski definition) is 2. The van der Waals surface area contributed by atoms with Crippen LogP contribution in [0.5, 0.6) is 0 Å². The molecule has 0 fully saturated rings. The lowest BCUT2D eigenvalue weighted by molar-refractivity contribution is 1.24. The molecular weight excluding hydrogens is 1010 g/mol. The maximum Gasteiger partial charge on any atom is 0.0547 e. The average molecular weight is 1130 g/mol. The summed E-state index contributed by atoms with van der Waals surface area (Å²) >= 11 is 0. The van der Waals surface area contributed by atoms with Crippen molar-refractivity contribution in [1.29, 1.82) is 0 Å². The van der Waals surface area contributed by atoms with Crippen LogP contribution in [0.3, 0.4) is 0 Å². The monoisotopic (exact) mass is 1120 g/mol. The van der Waals surface area contributed by atoms with Crippen molar-refractivity contribution in [3.05, 3.63) is 241 Å². The summed E-state index contributed by atoms with van der Waals surface area (Å²) in [5.74, 6) is 0. The number of anilines is 6. The summed E-state index contributed by atoms with van der Waals surface area (Å²) in [6.45, 7) is 48.0. The molecule has 0 bridgehead atoms. The van der Waals surface area contributed by atoms with E-state index in [0.29, 0.717) is 0 Å². The Hall–Kier alpha value is -7.68. The maximum atomic E-state index is 2.53. The van der Waals surface area contributed by atoms with Gasteiger partial charge < -0.3 is 9.80 Å². The molecule has 12 rings (SSSR count). The Bertz CT molecular complexity index is 3050. The van der Waals surface area contributed by atoms with Crippen LogP contribution in [0, 0.1) is 0 Å². The van der Waals surface area contributed by atoms with Gasteiger partial charge in [-0.05, 0) is 116 Å². The Morgan fingerprint density at radius 1 is 0.202 bits per heavy atom. The zero-order chi connectivity index (χ0) is 63.6. The van der Waals surface area contributed by atoms with Gasteiger partial charge in [0.05, 0.1) is 22.7 Å². The second-order valence-electron chi connectivity index (χ2n) is 16.0. The van der Waals surface area contributed by atoms with Gasteiger partial charge in [-0.15, -0.1) is 0 Å². The lowest BCUT2D eigenvalue weighted by Gasteiger charge is -2.34. The molecule has 2 aliphatic rings. The summed E-state index contributed by atoms with van der Waals surface area (Å²) in [6, 6.07) is 80.7. The minimum absolute atomic E-state index is 0.927. The van der Waals surface area contributed by atoms with Crippen LogP contribution in [0.1, 0.15) is 188 Å². The summed E-state index contributed by atoms with van der Waals surface area (Å²) in [6.07, 6.45) is 1.85. The Balaban J connectivity index is 0.00000258. The van der Waals surface area contributed by atoms with E-state index < -0.39 is 0 Å². The third-order valence-corrected chi connectivity index (χ3v) is 12.6. The van der Waals surface area contributed by atoms with Crippen molar-refractivity contribution < 1.29 is 0 Å². The SMILES string of the molecule is CC.CC.CC.CC.CC.CC.CC.CC.CC.CC.CC.CC.c1ccc(N(c2cccc3c2-c2ccccc2C3)c2ccc3ccccc3c2-c2c(N(c3ccccc3)c3cccc4c3-c3ccccc3C4)ccc3ccccc23)cc1. The van der Waals surface area contributed by atoms with Gasteiger partial charge in [-0.25, -0.2) is 0 Å². The maximum absolute atomic E-state index is 2.53. The Labute approximate surface area is 515 Å². The lowest BCUT2D eigenvalue weighted by atomic mass is 9.89. The van der Waals surface area contributed by atoms with Gasteiger partial charge in [-0.1, -0.05) is 336 Å². The van der Waals surface area contributed by atoms with E-state index in [2.05, 4.69) is 228 Å². The first-order valence-electron chi connectivity index (χ1n) is 32.9. The van der Waals surface area contributed by atoms with Crippen LogP contribution >= 0.6 is 0 Å². The summed E-state index contributed by atoms with van der Waals surface area (Å²) in [4.78, 5) is 5.05. The molecular formula is C82H112N2. The normalized spacial score (nSPS) is 9.57. The summed E-state index contributed by atoms with van der Waals surface area (Å²) in [7, 11) is 0. The quantitative estimate of drug-likeness (QED) is 0.157. The van der Waals surface area contributed by atoms with Gasteiger partial charge in [0.25, 0.3) is 0 Å². The second kappa shape index (κ2) is 44.8. The summed E-state index contributed by atoms with van der Waals surface area (Å²) in [5, 5.41) is 4.82. The van der Waals surface area contributed by atoms with Crippen LogP contribution in [0.15, 0.2) is 218 Å². The molecule has 84 heavy (non-hydrogen) atoms. The number of fused-ring (bicyclic) bond motifs is 8. The predicted octanol–water partition coefficient (Wildman–Crippen LogP) is 28.1. The van der Waals surface area contributed by atoms with Gasteiger partial charge in [-0.2, -0.15) is 0 Å². The Morgan fingerprint density at radius 3 is 0.798 bits per heavy atom. The third kappa shape index (κ3) is 17.7. The number of benzene rings is 10. The van der Waals surface area contributed by atoms with Gasteiger partial charge in [-0.3, -0.25) is 0 Å². The molecule has 450 valence electrons. The van der Waals surface area contributed by atoms with Crippen molar-refractivity contribution in [3.8, 4) is 33.4 Å². The molecule has 0 N–H and O–H groups in total. The van der Waals surface area contributed by atoms with E-state index in [1.54, 1.807) is 0 Å². The second-order valence-corrected chi connectivity index (χ2v) is 16.0.